The van der Waals surface area contributed by atoms with Crippen LogP contribution in [-0.4, -0.2) is 6.98 Å². The molecule has 0 amide bonds. The predicted octanol–water partition coefficient (Wildman–Crippen LogP) is 0.992. The molecular weight excluding hydrogens is 251 g/mol. The van der Waals surface area contributed by atoms with Gasteiger partial charge in [0.1, 0.15) is 0 Å². The van der Waals surface area contributed by atoms with Gasteiger partial charge in [-0.25, -0.2) is 0 Å². The summed E-state index contributed by atoms with van der Waals surface area (Å²) in [4.78, 5) is 0. The molecule has 0 bridgehead atoms. The van der Waals surface area contributed by atoms with Crippen molar-refractivity contribution >= 4 is 12.4 Å². The maximum absolute atomic E-state index is 13.1. The second kappa shape index (κ2) is 6.76. The second-order valence-electron chi connectivity index (χ2n) is 4.73. The van der Waals surface area contributed by atoms with E-state index in [1.165, 1.54) is 0 Å². The topological polar surface area (TPSA) is 0 Å². The van der Waals surface area contributed by atoms with Crippen molar-refractivity contribution in [3.63, 3.8) is 0 Å². The van der Waals surface area contributed by atoms with Crippen LogP contribution in [0.1, 0.15) is 50.7 Å². The van der Waals surface area contributed by atoms with Crippen LogP contribution in [0.25, 0.3) is 0 Å². The van der Waals surface area contributed by atoms with Gasteiger partial charge in [-0.2, -0.15) is 0 Å². The third kappa shape index (κ3) is 4.39. The van der Waals surface area contributed by atoms with Crippen molar-refractivity contribution in [1.29, 1.82) is 0 Å². The van der Waals surface area contributed by atoms with Crippen molar-refractivity contribution in [2.75, 3.05) is 0 Å². The molecule has 0 saturated carbocycles. The summed E-state index contributed by atoms with van der Waals surface area (Å²) in [5, 5.41) is 0. The molecule has 0 heterocycles. The van der Waals surface area contributed by atoms with Gasteiger partial charge in [-0.3, -0.25) is 0 Å². The van der Waals surface area contributed by atoms with E-state index in [0.29, 0.717) is 11.1 Å². The van der Waals surface area contributed by atoms with Crippen molar-refractivity contribution in [1.82, 2.24) is 0 Å². The number of benzene rings is 1. The van der Waals surface area contributed by atoms with Gasteiger partial charge in [0.15, 0.2) is 0 Å². The summed E-state index contributed by atoms with van der Waals surface area (Å²) in [5.74, 6) is -0.200. The molecule has 0 aliphatic heterocycles. The summed E-state index contributed by atoms with van der Waals surface area (Å²) in [6, 6.07) is 4.89. The molecular formula is C12H17BF3K. The van der Waals surface area contributed by atoms with Crippen LogP contribution in [0, 0.1) is 0 Å². The molecule has 0 atom stereocenters. The largest absolute Gasteiger partial charge is 1.00 e. The quantitative estimate of drug-likeness (QED) is 0.717. The third-order valence-electron chi connectivity index (χ3n) is 2.74. The van der Waals surface area contributed by atoms with Crippen LogP contribution in [0.5, 0.6) is 0 Å². The molecule has 0 aromatic heterocycles. The fourth-order valence-corrected chi connectivity index (χ4v) is 1.99. The molecule has 90 valence electrons. The molecule has 17 heavy (non-hydrogen) atoms. The van der Waals surface area contributed by atoms with Crippen LogP contribution in [0.2, 0.25) is 0 Å². The van der Waals surface area contributed by atoms with Crippen molar-refractivity contribution in [3.8, 4) is 0 Å². The van der Waals surface area contributed by atoms with E-state index in [4.69, 9.17) is 0 Å². The van der Waals surface area contributed by atoms with Crippen molar-refractivity contribution in [2.45, 2.75) is 39.5 Å². The predicted molar refractivity (Wildman–Crippen MR) is 63.3 cm³/mol. The molecule has 1 rings (SSSR count). The number of hydrogen-bond donors (Lipinski definition) is 0. The first-order valence-electron chi connectivity index (χ1n) is 5.57. The molecule has 0 nitrogen and oxygen atoms in total. The standard InChI is InChI=1S/C12H17BF3.K/c1-8(2)10-6-5-7-11(9(3)4)12(10)13(14,15)16;/h5-9H,1-4H3;/q-1;+1. The third-order valence-corrected chi connectivity index (χ3v) is 2.74. The minimum atomic E-state index is -4.93. The second-order valence-corrected chi connectivity index (χ2v) is 4.73. The summed E-state index contributed by atoms with van der Waals surface area (Å²) < 4.78 is 39.3. The van der Waals surface area contributed by atoms with Crippen molar-refractivity contribution < 1.29 is 64.3 Å². The number of halogens is 3. The Bertz CT molecular complexity index is 346. The Balaban J connectivity index is 0.00000256. The van der Waals surface area contributed by atoms with E-state index in [2.05, 4.69) is 0 Å². The van der Waals surface area contributed by atoms with Gasteiger partial charge in [0, 0.05) is 0 Å². The molecule has 0 unspecified atom stereocenters. The summed E-state index contributed by atoms with van der Waals surface area (Å²) in [7, 11) is 0. The Morgan fingerprint density at radius 3 is 1.47 bits per heavy atom. The minimum absolute atomic E-state index is 0. The van der Waals surface area contributed by atoms with Gasteiger partial charge >= 0.3 is 58.4 Å². The fourth-order valence-electron chi connectivity index (χ4n) is 1.99. The number of hydrogen-bond acceptors (Lipinski definition) is 0. The van der Waals surface area contributed by atoms with E-state index >= 15 is 0 Å². The minimum Gasteiger partial charge on any atom is -0.445 e. The van der Waals surface area contributed by atoms with E-state index < -0.39 is 6.98 Å². The first-order valence-corrected chi connectivity index (χ1v) is 5.57. The molecule has 0 saturated heterocycles. The van der Waals surface area contributed by atoms with E-state index in [9.17, 15) is 12.9 Å². The van der Waals surface area contributed by atoms with Gasteiger partial charge in [0.2, 0.25) is 0 Å². The van der Waals surface area contributed by atoms with Gasteiger partial charge < -0.3 is 12.9 Å². The molecule has 0 aliphatic rings. The molecule has 0 radical (unpaired) electrons. The van der Waals surface area contributed by atoms with Crippen LogP contribution in [0.15, 0.2) is 18.2 Å². The van der Waals surface area contributed by atoms with E-state index in [-0.39, 0.29) is 68.7 Å². The van der Waals surface area contributed by atoms with Gasteiger partial charge in [-0.1, -0.05) is 57.0 Å². The monoisotopic (exact) mass is 268 g/mol. The zero-order valence-electron chi connectivity index (χ0n) is 11.1. The summed E-state index contributed by atoms with van der Waals surface area (Å²) in [6.07, 6.45) is 0. The van der Waals surface area contributed by atoms with Gasteiger partial charge in [-0.05, 0) is 11.8 Å². The van der Waals surface area contributed by atoms with Crippen LogP contribution < -0.4 is 56.8 Å². The number of rotatable bonds is 3. The zero-order valence-corrected chi connectivity index (χ0v) is 14.2. The van der Waals surface area contributed by atoms with Crippen molar-refractivity contribution in [2.24, 2.45) is 0 Å². The summed E-state index contributed by atoms with van der Waals surface area (Å²) in [6.45, 7) is 2.25. The Labute approximate surface area is 144 Å². The summed E-state index contributed by atoms with van der Waals surface area (Å²) in [5.41, 5.74) is 0.449. The maximum Gasteiger partial charge on any atom is 1.00 e. The van der Waals surface area contributed by atoms with E-state index in [0.717, 1.165) is 0 Å². The van der Waals surface area contributed by atoms with E-state index in [1.807, 2.05) is 0 Å². The van der Waals surface area contributed by atoms with Crippen LogP contribution >= 0.6 is 0 Å². The molecule has 1 aromatic carbocycles. The smallest absolute Gasteiger partial charge is 0.445 e. The molecule has 0 fully saturated rings. The molecule has 0 N–H and O–H groups in total. The van der Waals surface area contributed by atoms with Crippen LogP contribution in [-0.2, 0) is 0 Å². The molecule has 0 aliphatic carbocycles. The fraction of sp³-hybridized carbons (Fsp3) is 0.500. The Hall–Kier alpha value is 0.711. The zero-order chi connectivity index (χ0) is 12.5. The summed E-state index contributed by atoms with van der Waals surface area (Å²) >= 11 is 0. The first kappa shape index (κ1) is 17.7. The average molecular weight is 268 g/mol. The Morgan fingerprint density at radius 1 is 0.882 bits per heavy atom. The molecule has 0 spiro atoms. The normalized spacial score (nSPS) is 11.8. The van der Waals surface area contributed by atoms with Gasteiger partial charge in [-0.15, -0.1) is 5.46 Å². The maximum atomic E-state index is 13.1. The van der Waals surface area contributed by atoms with Gasteiger partial charge in [0.05, 0.1) is 0 Å². The van der Waals surface area contributed by atoms with E-state index in [1.54, 1.807) is 45.9 Å². The Kier molecular flexibility index (Phi) is 7.04. The molecule has 1 aromatic rings. The SMILES string of the molecule is CC(C)c1cccc(C(C)C)c1[B-](F)(F)F.[K+]. The first-order chi connectivity index (χ1) is 7.25. The van der Waals surface area contributed by atoms with Gasteiger partial charge in [0.25, 0.3) is 0 Å². The van der Waals surface area contributed by atoms with Crippen molar-refractivity contribution in [3.05, 3.63) is 29.3 Å². The molecule has 5 heteroatoms. The van der Waals surface area contributed by atoms with Crippen LogP contribution in [0.3, 0.4) is 0 Å². The Morgan fingerprint density at radius 2 is 1.24 bits per heavy atom. The van der Waals surface area contributed by atoms with Crippen LogP contribution in [0.4, 0.5) is 12.9 Å². The average Bonchev–Trinajstić information content (AvgIpc) is 2.15.